The maximum Gasteiger partial charge on any atom is 0.336 e. The van der Waals surface area contributed by atoms with Crippen molar-refractivity contribution in [3.63, 3.8) is 0 Å². The van der Waals surface area contributed by atoms with Crippen LogP contribution in [-0.2, 0) is 14.3 Å². The molecule has 0 radical (unpaired) electrons. The number of hydrogen-bond donors (Lipinski definition) is 2. The van der Waals surface area contributed by atoms with Gasteiger partial charge in [-0.2, -0.15) is 0 Å². The lowest BCUT2D eigenvalue weighted by Crippen LogP contribution is -2.41. The summed E-state index contributed by atoms with van der Waals surface area (Å²) in [6.07, 6.45) is 9.51. The fourth-order valence-corrected chi connectivity index (χ4v) is 4.94. The van der Waals surface area contributed by atoms with Gasteiger partial charge in [-0.3, -0.25) is 4.79 Å². The molecule has 0 aromatic heterocycles. The summed E-state index contributed by atoms with van der Waals surface area (Å²) >= 11 is 0. The third-order valence-corrected chi connectivity index (χ3v) is 6.34. The van der Waals surface area contributed by atoms with Gasteiger partial charge in [-0.15, -0.1) is 0 Å². The Morgan fingerprint density at radius 2 is 1.90 bits per heavy atom. The van der Waals surface area contributed by atoms with Crippen LogP contribution in [0.15, 0.2) is 47.3 Å². The van der Waals surface area contributed by atoms with Crippen LogP contribution in [0.3, 0.4) is 0 Å². The first kappa shape index (κ1) is 19.7. The largest absolute Gasteiger partial charge is 0.508 e. The van der Waals surface area contributed by atoms with Crippen molar-refractivity contribution in [2.24, 2.45) is 5.92 Å². The van der Waals surface area contributed by atoms with Gasteiger partial charge in [0.1, 0.15) is 17.6 Å². The SMILES string of the molecule is CC1=C(C(=O)OC2CCCCCC2)C(c2cccc(O)c2)C2C(=O)CCC=C2N1. The van der Waals surface area contributed by atoms with E-state index in [1.807, 2.05) is 13.0 Å². The Labute approximate surface area is 171 Å². The average Bonchev–Trinajstić information content (AvgIpc) is 2.95. The van der Waals surface area contributed by atoms with Gasteiger partial charge in [0.25, 0.3) is 0 Å². The number of hydrogen-bond acceptors (Lipinski definition) is 5. The first-order valence-corrected chi connectivity index (χ1v) is 10.7. The number of Topliss-reactive ketones (excluding diaryl/α,β-unsaturated/α-hetero) is 1. The quantitative estimate of drug-likeness (QED) is 0.583. The molecule has 1 fully saturated rings. The molecule has 1 heterocycles. The van der Waals surface area contributed by atoms with Crippen molar-refractivity contribution < 1.29 is 19.4 Å². The summed E-state index contributed by atoms with van der Waals surface area (Å²) in [5, 5.41) is 13.3. The monoisotopic (exact) mass is 395 g/mol. The van der Waals surface area contributed by atoms with E-state index in [2.05, 4.69) is 11.4 Å². The number of carbonyl (C=O) groups excluding carboxylic acids is 2. The first-order valence-electron chi connectivity index (χ1n) is 10.7. The molecule has 29 heavy (non-hydrogen) atoms. The molecular formula is C24H29NO4. The van der Waals surface area contributed by atoms with Crippen molar-refractivity contribution in [3.8, 4) is 5.75 Å². The number of aromatic hydroxyl groups is 1. The lowest BCUT2D eigenvalue weighted by atomic mass is 9.71. The second-order valence-corrected chi connectivity index (χ2v) is 8.40. The van der Waals surface area contributed by atoms with Gasteiger partial charge in [0, 0.05) is 23.7 Å². The fraction of sp³-hybridized carbons (Fsp3) is 0.500. The van der Waals surface area contributed by atoms with E-state index >= 15 is 0 Å². The van der Waals surface area contributed by atoms with E-state index in [-0.39, 0.29) is 23.6 Å². The maximum atomic E-state index is 13.3. The molecule has 154 valence electrons. The molecule has 2 atom stereocenters. The highest BCUT2D eigenvalue weighted by Crippen LogP contribution is 2.44. The number of nitrogens with one attached hydrogen (secondary N) is 1. The van der Waals surface area contributed by atoms with Crippen molar-refractivity contribution in [2.75, 3.05) is 0 Å². The molecule has 0 saturated heterocycles. The van der Waals surface area contributed by atoms with Crippen LogP contribution in [0.4, 0.5) is 0 Å². The zero-order valence-corrected chi connectivity index (χ0v) is 16.9. The normalized spacial score (nSPS) is 25.6. The van der Waals surface area contributed by atoms with Crippen molar-refractivity contribution in [1.29, 1.82) is 0 Å². The van der Waals surface area contributed by atoms with Gasteiger partial charge < -0.3 is 15.2 Å². The summed E-state index contributed by atoms with van der Waals surface area (Å²) in [6.45, 7) is 1.87. The number of benzene rings is 1. The first-order chi connectivity index (χ1) is 14.0. The number of carbonyl (C=O) groups is 2. The van der Waals surface area contributed by atoms with Crippen molar-refractivity contribution in [1.82, 2.24) is 5.32 Å². The van der Waals surface area contributed by atoms with Gasteiger partial charge in [-0.1, -0.05) is 31.1 Å². The summed E-state index contributed by atoms with van der Waals surface area (Å²) < 4.78 is 5.95. The lowest BCUT2D eigenvalue weighted by Gasteiger charge is -2.38. The van der Waals surface area contributed by atoms with Crippen LogP contribution in [0.1, 0.15) is 69.8 Å². The van der Waals surface area contributed by atoms with E-state index in [4.69, 9.17) is 4.74 Å². The van der Waals surface area contributed by atoms with Crippen LogP contribution in [0.5, 0.6) is 5.75 Å². The summed E-state index contributed by atoms with van der Waals surface area (Å²) in [7, 11) is 0. The summed E-state index contributed by atoms with van der Waals surface area (Å²) in [6, 6.07) is 6.89. The van der Waals surface area contributed by atoms with Gasteiger partial charge in [-0.25, -0.2) is 4.79 Å². The molecule has 0 bridgehead atoms. The maximum absolute atomic E-state index is 13.3. The lowest BCUT2D eigenvalue weighted by molar-refractivity contribution is -0.145. The standard InChI is InChI=1S/C24H29NO4/c1-15-21(24(28)29-18-10-4-2-3-5-11-18)22(16-8-6-9-17(26)14-16)23-19(25-15)12-7-13-20(23)27/h6,8-9,12,14,18,22-23,25-26H,2-5,7,10-11,13H2,1H3. The highest BCUT2D eigenvalue weighted by molar-refractivity contribution is 5.96. The number of allylic oxidation sites excluding steroid dienone is 3. The zero-order valence-electron chi connectivity index (χ0n) is 16.9. The van der Waals surface area contributed by atoms with Crippen LogP contribution in [0.25, 0.3) is 0 Å². The molecule has 1 aromatic rings. The molecule has 2 N–H and O–H groups in total. The van der Waals surface area contributed by atoms with Gasteiger partial charge in [0.05, 0.1) is 11.5 Å². The van der Waals surface area contributed by atoms with E-state index in [0.29, 0.717) is 18.4 Å². The Bertz CT molecular complexity index is 861. The van der Waals surface area contributed by atoms with Crippen LogP contribution >= 0.6 is 0 Å². The predicted molar refractivity (Wildman–Crippen MR) is 110 cm³/mol. The zero-order chi connectivity index (χ0) is 20.4. The van der Waals surface area contributed by atoms with Crippen molar-refractivity contribution >= 4 is 11.8 Å². The fourth-order valence-electron chi connectivity index (χ4n) is 4.94. The summed E-state index contributed by atoms with van der Waals surface area (Å²) in [5.74, 6) is -0.973. The topological polar surface area (TPSA) is 75.6 Å². The number of rotatable bonds is 3. The molecule has 0 amide bonds. The highest BCUT2D eigenvalue weighted by Gasteiger charge is 2.43. The number of ether oxygens (including phenoxy) is 1. The molecule has 5 heteroatoms. The number of esters is 1. The molecule has 2 aliphatic carbocycles. The number of phenolic OH excluding ortho intramolecular Hbond substituents is 1. The van der Waals surface area contributed by atoms with E-state index in [1.54, 1.807) is 18.2 Å². The molecule has 1 aliphatic heterocycles. The number of ketones is 1. The van der Waals surface area contributed by atoms with Crippen LogP contribution < -0.4 is 5.32 Å². The number of fused-ring (bicyclic) bond motifs is 1. The van der Waals surface area contributed by atoms with Crippen molar-refractivity contribution in [3.05, 3.63) is 52.9 Å². The molecule has 2 unspecified atom stereocenters. The molecule has 4 rings (SSSR count). The van der Waals surface area contributed by atoms with Gasteiger partial charge in [0.2, 0.25) is 0 Å². The molecule has 1 saturated carbocycles. The van der Waals surface area contributed by atoms with Crippen molar-refractivity contribution in [2.45, 2.75) is 70.3 Å². The predicted octanol–water partition coefficient (Wildman–Crippen LogP) is 4.48. The van der Waals surface area contributed by atoms with Crippen LogP contribution in [-0.4, -0.2) is 23.0 Å². The smallest absolute Gasteiger partial charge is 0.336 e. The summed E-state index contributed by atoms with van der Waals surface area (Å²) in [5.41, 5.74) is 2.87. The second-order valence-electron chi connectivity index (χ2n) is 8.40. The van der Waals surface area contributed by atoms with Crippen LogP contribution in [0.2, 0.25) is 0 Å². The highest BCUT2D eigenvalue weighted by atomic mass is 16.5. The molecule has 3 aliphatic rings. The van der Waals surface area contributed by atoms with E-state index in [9.17, 15) is 14.7 Å². The third-order valence-electron chi connectivity index (χ3n) is 6.34. The van der Waals surface area contributed by atoms with Gasteiger partial charge >= 0.3 is 5.97 Å². The Morgan fingerprint density at radius 3 is 2.62 bits per heavy atom. The Hall–Kier alpha value is -2.56. The summed E-state index contributed by atoms with van der Waals surface area (Å²) in [4.78, 5) is 26.2. The molecular weight excluding hydrogens is 366 g/mol. The Kier molecular flexibility index (Phi) is 5.74. The molecule has 1 aromatic carbocycles. The Balaban J connectivity index is 1.72. The minimum absolute atomic E-state index is 0.0610. The number of phenols is 1. The van der Waals surface area contributed by atoms with E-state index in [1.165, 1.54) is 12.8 Å². The Morgan fingerprint density at radius 1 is 1.14 bits per heavy atom. The average molecular weight is 395 g/mol. The van der Waals surface area contributed by atoms with E-state index < -0.39 is 11.8 Å². The molecule has 0 spiro atoms. The third kappa shape index (κ3) is 4.09. The second kappa shape index (κ2) is 8.44. The minimum atomic E-state index is -0.444. The van der Waals surface area contributed by atoms with Crippen LogP contribution in [0, 0.1) is 5.92 Å². The van der Waals surface area contributed by atoms with Gasteiger partial charge in [0.15, 0.2) is 0 Å². The molecule has 5 nitrogen and oxygen atoms in total. The van der Waals surface area contributed by atoms with Gasteiger partial charge in [-0.05, 0) is 56.7 Å². The minimum Gasteiger partial charge on any atom is -0.508 e. The van der Waals surface area contributed by atoms with E-state index in [0.717, 1.165) is 42.6 Å².